The molecule has 8 heteroatoms. The minimum atomic E-state index is -3.65. The SMILES string of the molecule is Cl.Nc1cc(S(=O)(=O)Nc2ccccc2)ccc1N1CCCNCC1. The Bertz CT molecular complexity index is 792. The van der Waals surface area contributed by atoms with Gasteiger partial charge in [0.25, 0.3) is 10.0 Å². The van der Waals surface area contributed by atoms with E-state index in [-0.39, 0.29) is 17.3 Å². The zero-order chi connectivity index (χ0) is 17.0. The first-order chi connectivity index (χ1) is 11.6. The second-order valence-electron chi connectivity index (χ2n) is 5.78. The van der Waals surface area contributed by atoms with Crippen LogP contribution in [0.4, 0.5) is 17.1 Å². The Kier molecular flexibility index (Phi) is 6.52. The van der Waals surface area contributed by atoms with E-state index in [0.717, 1.165) is 38.3 Å². The molecule has 0 spiro atoms. The van der Waals surface area contributed by atoms with E-state index in [0.29, 0.717) is 11.4 Å². The molecule has 2 aromatic rings. The fourth-order valence-electron chi connectivity index (χ4n) is 2.79. The fraction of sp³-hybridized carbons (Fsp3) is 0.294. The van der Waals surface area contributed by atoms with Gasteiger partial charge in [-0.15, -0.1) is 12.4 Å². The summed E-state index contributed by atoms with van der Waals surface area (Å²) in [6.45, 7) is 3.66. The summed E-state index contributed by atoms with van der Waals surface area (Å²) >= 11 is 0. The third kappa shape index (κ3) is 4.78. The number of nitrogens with one attached hydrogen (secondary N) is 2. The molecule has 4 N–H and O–H groups in total. The number of benzene rings is 2. The smallest absolute Gasteiger partial charge is 0.261 e. The molecular weight excluding hydrogens is 360 g/mol. The number of para-hydroxylation sites is 1. The van der Waals surface area contributed by atoms with E-state index in [4.69, 9.17) is 5.73 Å². The van der Waals surface area contributed by atoms with Gasteiger partial charge in [0, 0.05) is 25.3 Å². The summed E-state index contributed by atoms with van der Waals surface area (Å²) in [6, 6.07) is 13.7. The van der Waals surface area contributed by atoms with Gasteiger partial charge in [0.05, 0.1) is 16.3 Å². The van der Waals surface area contributed by atoms with Crippen molar-refractivity contribution in [3.8, 4) is 0 Å². The summed E-state index contributed by atoms with van der Waals surface area (Å²) in [6.07, 6.45) is 1.04. The molecule has 0 amide bonds. The van der Waals surface area contributed by atoms with Crippen LogP contribution in [-0.2, 0) is 10.0 Å². The molecule has 136 valence electrons. The van der Waals surface area contributed by atoms with E-state index in [1.165, 1.54) is 6.07 Å². The quantitative estimate of drug-likeness (QED) is 0.706. The van der Waals surface area contributed by atoms with Crippen molar-refractivity contribution >= 4 is 39.5 Å². The first kappa shape index (κ1) is 19.4. The van der Waals surface area contributed by atoms with Crippen LogP contribution in [0.5, 0.6) is 0 Å². The van der Waals surface area contributed by atoms with Crippen molar-refractivity contribution < 1.29 is 8.42 Å². The molecule has 0 radical (unpaired) electrons. The van der Waals surface area contributed by atoms with Crippen molar-refractivity contribution in [3.05, 3.63) is 48.5 Å². The highest BCUT2D eigenvalue weighted by Crippen LogP contribution is 2.27. The fourth-order valence-corrected chi connectivity index (χ4v) is 3.89. The van der Waals surface area contributed by atoms with Crippen LogP contribution >= 0.6 is 12.4 Å². The van der Waals surface area contributed by atoms with Gasteiger partial charge in [0.1, 0.15) is 0 Å². The maximum absolute atomic E-state index is 12.5. The Labute approximate surface area is 154 Å². The summed E-state index contributed by atoms with van der Waals surface area (Å²) in [7, 11) is -3.65. The second kappa shape index (κ2) is 8.42. The average molecular weight is 383 g/mol. The van der Waals surface area contributed by atoms with Crippen LogP contribution < -0.4 is 20.7 Å². The number of halogens is 1. The second-order valence-corrected chi connectivity index (χ2v) is 7.47. The third-order valence-corrected chi connectivity index (χ3v) is 5.40. The number of anilines is 3. The van der Waals surface area contributed by atoms with Crippen molar-refractivity contribution in [2.24, 2.45) is 0 Å². The minimum absolute atomic E-state index is 0. The molecule has 6 nitrogen and oxygen atoms in total. The molecular formula is C17H23ClN4O2S. The van der Waals surface area contributed by atoms with E-state index >= 15 is 0 Å². The van der Waals surface area contributed by atoms with Crippen LogP contribution in [-0.4, -0.2) is 34.6 Å². The standard InChI is InChI=1S/C17H22N4O2S.ClH/c18-16-13-15(24(22,23)20-14-5-2-1-3-6-14)7-8-17(16)21-11-4-9-19-10-12-21;/h1-3,5-8,13,19-20H,4,9-12,18H2;1H. The maximum atomic E-state index is 12.5. The van der Waals surface area contributed by atoms with Gasteiger partial charge in [0.15, 0.2) is 0 Å². The van der Waals surface area contributed by atoms with Gasteiger partial charge >= 0.3 is 0 Å². The highest BCUT2D eigenvalue weighted by Gasteiger charge is 2.18. The molecule has 3 rings (SSSR count). The van der Waals surface area contributed by atoms with Crippen molar-refractivity contribution in [2.45, 2.75) is 11.3 Å². The Morgan fingerprint density at radius 3 is 2.52 bits per heavy atom. The van der Waals surface area contributed by atoms with Crippen molar-refractivity contribution in [1.29, 1.82) is 0 Å². The molecule has 0 unspecified atom stereocenters. The Balaban J connectivity index is 0.00000225. The van der Waals surface area contributed by atoms with Crippen LogP contribution in [0.2, 0.25) is 0 Å². The third-order valence-electron chi connectivity index (χ3n) is 4.02. The molecule has 25 heavy (non-hydrogen) atoms. The molecule has 0 aromatic heterocycles. The molecule has 2 aromatic carbocycles. The van der Waals surface area contributed by atoms with Crippen LogP contribution in [0.15, 0.2) is 53.4 Å². The zero-order valence-electron chi connectivity index (χ0n) is 13.8. The van der Waals surface area contributed by atoms with E-state index in [1.54, 1.807) is 36.4 Å². The Morgan fingerprint density at radius 1 is 1.04 bits per heavy atom. The lowest BCUT2D eigenvalue weighted by molar-refractivity contribution is 0.601. The van der Waals surface area contributed by atoms with E-state index in [2.05, 4.69) is 14.9 Å². The van der Waals surface area contributed by atoms with Gasteiger partial charge in [-0.25, -0.2) is 8.42 Å². The van der Waals surface area contributed by atoms with E-state index < -0.39 is 10.0 Å². The predicted octanol–water partition coefficient (Wildman–Crippen LogP) is 2.29. The molecule has 0 aliphatic carbocycles. The van der Waals surface area contributed by atoms with Gasteiger partial charge in [-0.1, -0.05) is 18.2 Å². The molecule has 0 saturated carbocycles. The molecule has 1 fully saturated rings. The van der Waals surface area contributed by atoms with Crippen LogP contribution in [0.3, 0.4) is 0 Å². The number of nitrogens with two attached hydrogens (primary N) is 1. The number of nitrogens with zero attached hydrogens (tertiary/aromatic N) is 1. The van der Waals surface area contributed by atoms with E-state index in [9.17, 15) is 8.42 Å². The number of hydrogen-bond donors (Lipinski definition) is 3. The van der Waals surface area contributed by atoms with Crippen LogP contribution in [0.1, 0.15) is 6.42 Å². The Morgan fingerprint density at radius 2 is 1.80 bits per heavy atom. The lowest BCUT2D eigenvalue weighted by Gasteiger charge is -2.24. The molecule has 0 atom stereocenters. The first-order valence-corrected chi connectivity index (χ1v) is 9.48. The van der Waals surface area contributed by atoms with Crippen molar-refractivity contribution in [2.75, 3.05) is 41.5 Å². The average Bonchev–Trinajstić information content (AvgIpc) is 2.84. The lowest BCUT2D eigenvalue weighted by Crippen LogP contribution is -2.28. The first-order valence-electron chi connectivity index (χ1n) is 7.99. The van der Waals surface area contributed by atoms with Crippen LogP contribution in [0.25, 0.3) is 0 Å². The van der Waals surface area contributed by atoms with Crippen molar-refractivity contribution in [1.82, 2.24) is 5.32 Å². The molecule has 1 aliphatic rings. The largest absolute Gasteiger partial charge is 0.397 e. The predicted molar refractivity (Wildman–Crippen MR) is 105 cm³/mol. The number of sulfonamides is 1. The summed E-state index contributed by atoms with van der Waals surface area (Å²) in [5.74, 6) is 0. The van der Waals surface area contributed by atoms with E-state index in [1.807, 2.05) is 6.07 Å². The normalized spacial score (nSPS) is 15.1. The Hall–Kier alpha value is -1.96. The highest BCUT2D eigenvalue weighted by molar-refractivity contribution is 7.92. The van der Waals surface area contributed by atoms with Gasteiger partial charge in [0.2, 0.25) is 0 Å². The van der Waals surface area contributed by atoms with Gasteiger partial charge < -0.3 is 16.0 Å². The summed E-state index contributed by atoms with van der Waals surface area (Å²) in [5.41, 5.74) is 8.03. The highest BCUT2D eigenvalue weighted by atomic mass is 35.5. The minimum Gasteiger partial charge on any atom is -0.397 e. The molecule has 1 heterocycles. The number of hydrogen-bond acceptors (Lipinski definition) is 5. The van der Waals surface area contributed by atoms with Gasteiger partial charge in [-0.3, -0.25) is 4.72 Å². The lowest BCUT2D eigenvalue weighted by atomic mass is 10.2. The molecule has 0 bridgehead atoms. The summed E-state index contributed by atoms with van der Waals surface area (Å²) < 4.78 is 27.6. The van der Waals surface area contributed by atoms with Crippen molar-refractivity contribution in [3.63, 3.8) is 0 Å². The summed E-state index contributed by atoms with van der Waals surface area (Å²) in [5, 5.41) is 3.34. The monoisotopic (exact) mass is 382 g/mol. The number of nitrogen functional groups attached to an aromatic ring is 1. The zero-order valence-corrected chi connectivity index (χ0v) is 15.4. The molecule has 1 saturated heterocycles. The topological polar surface area (TPSA) is 87.5 Å². The van der Waals surface area contributed by atoms with Crippen LogP contribution in [0, 0.1) is 0 Å². The van der Waals surface area contributed by atoms with Gasteiger partial charge in [-0.2, -0.15) is 0 Å². The maximum Gasteiger partial charge on any atom is 0.261 e. The van der Waals surface area contributed by atoms with Gasteiger partial charge in [-0.05, 0) is 43.3 Å². The number of rotatable bonds is 4. The summed E-state index contributed by atoms with van der Waals surface area (Å²) in [4.78, 5) is 2.36. The molecule has 1 aliphatic heterocycles.